The smallest absolute Gasteiger partial charge is 0.188 e. The minimum Gasteiger partial charge on any atom is -0.379 e. The number of hydrogen-bond acceptors (Lipinski definition) is 3. The summed E-state index contributed by atoms with van der Waals surface area (Å²) >= 11 is 0. The van der Waals surface area contributed by atoms with E-state index in [2.05, 4.69) is 15.2 Å². The van der Waals surface area contributed by atoms with Crippen LogP contribution in [0.2, 0.25) is 0 Å². The van der Waals surface area contributed by atoms with Crippen LogP contribution in [0.1, 0.15) is 13.8 Å². The molecule has 0 unspecified atom stereocenters. The summed E-state index contributed by atoms with van der Waals surface area (Å²) in [4.78, 5) is 6.60. The fourth-order valence-corrected chi connectivity index (χ4v) is 1.48. The molecule has 1 rings (SSSR count). The standard InChI is InChI=1S/C10H22N4O/c1-9(2)13-10(11)12-3-4-14-5-7-15-8-6-14/h9H,3-8H2,1-2H3,(H3,11,12,13). The molecule has 1 fully saturated rings. The van der Waals surface area contributed by atoms with E-state index in [4.69, 9.17) is 10.5 Å². The van der Waals surface area contributed by atoms with E-state index >= 15 is 0 Å². The lowest BCUT2D eigenvalue weighted by molar-refractivity contribution is 0.0394. The number of guanidine groups is 1. The van der Waals surface area contributed by atoms with Gasteiger partial charge in [-0.25, -0.2) is 0 Å². The van der Waals surface area contributed by atoms with Gasteiger partial charge in [0.2, 0.25) is 0 Å². The van der Waals surface area contributed by atoms with E-state index in [-0.39, 0.29) is 0 Å². The average Bonchev–Trinajstić information content (AvgIpc) is 2.18. The van der Waals surface area contributed by atoms with Crippen LogP contribution in [0.4, 0.5) is 0 Å². The highest BCUT2D eigenvalue weighted by Gasteiger charge is 2.08. The van der Waals surface area contributed by atoms with Gasteiger partial charge in [-0.1, -0.05) is 0 Å². The van der Waals surface area contributed by atoms with E-state index in [9.17, 15) is 0 Å². The Morgan fingerprint density at radius 3 is 2.73 bits per heavy atom. The molecule has 0 aromatic carbocycles. The first-order valence-electron chi connectivity index (χ1n) is 5.55. The number of nitrogens with two attached hydrogens (primary N) is 1. The molecule has 1 saturated heterocycles. The molecule has 0 amide bonds. The third kappa shape index (κ3) is 5.59. The second kappa shape index (κ2) is 6.63. The summed E-state index contributed by atoms with van der Waals surface area (Å²) in [5.41, 5.74) is 5.69. The van der Waals surface area contributed by atoms with Crippen molar-refractivity contribution >= 4 is 5.96 Å². The predicted molar refractivity (Wildman–Crippen MR) is 62.0 cm³/mol. The van der Waals surface area contributed by atoms with Gasteiger partial charge in [-0.2, -0.15) is 0 Å². The SMILES string of the molecule is CC(C)NC(N)=NCCN1CCOCC1. The van der Waals surface area contributed by atoms with Gasteiger partial charge in [0.25, 0.3) is 0 Å². The van der Waals surface area contributed by atoms with Crippen LogP contribution in [-0.4, -0.2) is 56.3 Å². The van der Waals surface area contributed by atoms with Crippen LogP contribution in [0.3, 0.4) is 0 Å². The van der Waals surface area contributed by atoms with Crippen LogP contribution in [0.15, 0.2) is 4.99 Å². The molecule has 0 aromatic rings. The molecule has 1 aliphatic rings. The summed E-state index contributed by atoms with van der Waals surface area (Å²) in [5.74, 6) is 0.540. The first-order chi connectivity index (χ1) is 7.18. The van der Waals surface area contributed by atoms with Gasteiger partial charge in [0.05, 0.1) is 19.8 Å². The molecule has 3 N–H and O–H groups in total. The number of hydrogen-bond donors (Lipinski definition) is 2. The zero-order valence-corrected chi connectivity index (χ0v) is 9.70. The molecule has 0 saturated carbocycles. The molecular formula is C10H22N4O. The molecule has 0 spiro atoms. The van der Waals surface area contributed by atoms with Crippen LogP contribution in [-0.2, 0) is 4.74 Å². The third-order valence-electron chi connectivity index (χ3n) is 2.24. The Balaban J connectivity index is 2.13. The molecular weight excluding hydrogens is 192 g/mol. The van der Waals surface area contributed by atoms with E-state index < -0.39 is 0 Å². The number of aliphatic imine (C=N–C) groups is 1. The first kappa shape index (κ1) is 12.3. The minimum atomic E-state index is 0.345. The Morgan fingerprint density at radius 1 is 1.47 bits per heavy atom. The number of ether oxygens (including phenoxy) is 1. The maximum atomic E-state index is 5.69. The minimum absolute atomic E-state index is 0.345. The van der Waals surface area contributed by atoms with Gasteiger partial charge in [0, 0.05) is 25.7 Å². The van der Waals surface area contributed by atoms with Crippen molar-refractivity contribution in [2.45, 2.75) is 19.9 Å². The van der Waals surface area contributed by atoms with Gasteiger partial charge < -0.3 is 15.8 Å². The molecule has 0 bridgehead atoms. The maximum Gasteiger partial charge on any atom is 0.188 e. The quantitative estimate of drug-likeness (QED) is 0.495. The molecule has 0 atom stereocenters. The monoisotopic (exact) mass is 214 g/mol. The summed E-state index contributed by atoms with van der Waals surface area (Å²) in [5, 5.41) is 3.06. The zero-order chi connectivity index (χ0) is 11.1. The van der Waals surface area contributed by atoms with Crippen LogP contribution < -0.4 is 11.1 Å². The lowest BCUT2D eigenvalue weighted by atomic mass is 10.4. The second-order valence-corrected chi connectivity index (χ2v) is 4.02. The number of morpholine rings is 1. The topological polar surface area (TPSA) is 62.9 Å². The van der Waals surface area contributed by atoms with Crippen molar-refractivity contribution in [2.24, 2.45) is 10.7 Å². The Hall–Kier alpha value is -0.810. The van der Waals surface area contributed by atoms with E-state index in [1.807, 2.05) is 13.8 Å². The second-order valence-electron chi connectivity index (χ2n) is 4.02. The Bertz CT molecular complexity index is 200. The highest BCUT2D eigenvalue weighted by atomic mass is 16.5. The van der Waals surface area contributed by atoms with Gasteiger partial charge >= 0.3 is 0 Å². The zero-order valence-electron chi connectivity index (χ0n) is 9.70. The van der Waals surface area contributed by atoms with Crippen LogP contribution in [0, 0.1) is 0 Å². The van der Waals surface area contributed by atoms with Gasteiger partial charge in [-0.3, -0.25) is 9.89 Å². The summed E-state index contributed by atoms with van der Waals surface area (Å²) in [6.07, 6.45) is 0. The van der Waals surface area contributed by atoms with Gasteiger partial charge in [-0.15, -0.1) is 0 Å². The highest BCUT2D eigenvalue weighted by molar-refractivity contribution is 5.78. The molecule has 1 aliphatic heterocycles. The lowest BCUT2D eigenvalue weighted by Crippen LogP contribution is -2.39. The molecule has 5 heteroatoms. The van der Waals surface area contributed by atoms with Gasteiger partial charge in [0.15, 0.2) is 5.96 Å². The molecule has 0 aliphatic carbocycles. The van der Waals surface area contributed by atoms with Crippen LogP contribution in [0.25, 0.3) is 0 Å². The van der Waals surface area contributed by atoms with Crippen LogP contribution in [0.5, 0.6) is 0 Å². The number of rotatable bonds is 4. The molecule has 15 heavy (non-hydrogen) atoms. The Kier molecular flexibility index (Phi) is 5.42. The Morgan fingerprint density at radius 2 is 2.13 bits per heavy atom. The maximum absolute atomic E-state index is 5.69. The fraction of sp³-hybridized carbons (Fsp3) is 0.900. The fourth-order valence-electron chi connectivity index (χ4n) is 1.48. The van der Waals surface area contributed by atoms with Crippen molar-refractivity contribution in [1.82, 2.24) is 10.2 Å². The summed E-state index contributed by atoms with van der Waals surface area (Å²) < 4.78 is 5.27. The van der Waals surface area contributed by atoms with Crippen molar-refractivity contribution < 1.29 is 4.74 Å². The number of nitrogens with one attached hydrogen (secondary N) is 1. The van der Waals surface area contributed by atoms with Crippen molar-refractivity contribution in [2.75, 3.05) is 39.4 Å². The molecule has 1 heterocycles. The highest BCUT2D eigenvalue weighted by Crippen LogP contribution is 1.95. The van der Waals surface area contributed by atoms with Crippen molar-refractivity contribution in [3.05, 3.63) is 0 Å². The van der Waals surface area contributed by atoms with E-state index in [1.54, 1.807) is 0 Å². The summed E-state index contributed by atoms with van der Waals surface area (Å²) in [6, 6.07) is 0.345. The van der Waals surface area contributed by atoms with E-state index in [0.717, 1.165) is 39.4 Å². The van der Waals surface area contributed by atoms with Crippen molar-refractivity contribution in [3.63, 3.8) is 0 Å². The largest absolute Gasteiger partial charge is 0.379 e. The van der Waals surface area contributed by atoms with Crippen molar-refractivity contribution in [1.29, 1.82) is 0 Å². The van der Waals surface area contributed by atoms with Gasteiger partial charge in [0.1, 0.15) is 0 Å². The van der Waals surface area contributed by atoms with E-state index in [1.165, 1.54) is 0 Å². The summed E-state index contributed by atoms with van der Waals surface area (Å²) in [7, 11) is 0. The summed E-state index contributed by atoms with van der Waals surface area (Å²) in [6.45, 7) is 9.50. The first-order valence-corrected chi connectivity index (χ1v) is 5.55. The third-order valence-corrected chi connectivity index (χ3v) is 2.24. The molecule has 88 valence electrons. The Labute approximate surface area is 91.7 Å². The van der Waals surface area contributed by atoms with E-state index in [0.29, 0.717) is 12.0 Å². The lowest BCUT2D eigenvalue weighted by Gasteiger charge is -2.25. The average molecular weight is 214 g/mol. The van der Waals surface area contributed by atoms with Gasteiger partial charge in [-0.05, 0) is 13.8 Å². The number of nitrogens with zero attached hydrogens (tertiary/aromatic N) is 2. The normalized spacial score (nSPS) is 19.5. The predicted octanol–water partition coefficient (Wildman–Crippen LogP) is -0.369. The molecule has 5 nitrogen and oxygen atoms in total. The van der Waals surface area contributed by atoms with Crippen molar-refractivity contribution in [3.8, 4) is 0 Å². The molecule has 0 radical (unpaired) electrons. The molecule has 0 aromatic heterocycles. The van der Waals surface area contributed by atoms with Crippen LogP contribution >= 0.6 is 0 Å².